The molecule has 0 aromatic heterocycles. The molecule has 0 fully saturated rings. The van der Waals surface area contributed by atoms with Crippen molar-refractivity contribution in [3.05, 3.63) is 54.6 Å². The Balaban J connectivity index is 2.42. The Morgan fingerprint density at radius 1 is 0.867 bits per heavy atom. The van der Waals surface area contributed by atoms with Crippen molar-refractivity contribution in [2.75, 3.05) is 0 Å². The van der Waals surface area contributed by atoms with E-state index in [-0.39, 0.29) is 5.75 Å². The fraction of sp³-hybridized carbons (Fsp3) is 0. The van der Waals surface area contributed by atoms with Gasteiger partial charge in [0, 0.05) is 4.90 Å². The zero-order chi connectivity index (χ0) is 10.7. The summed E-state index contributed by atoms with van der Waals surface area (Å²) in [6.07, 6.45) is 0. The Hall–Kier alpha value is -1.61. The first-order chi connectivity index (χ1) is 7.29. The fourth-order valence-corrected chi connectivity index (χ4v) is 2.49. The third kappa shape index (κ3) is 2.07. The van der Waals surface area contributed by atoms with Crippen LogP contribution >= 0.6 is 0 Å². The van der Waals surface area contributed by atoms with Crippen LogP contribution in [-0.4, -0.2) is 5.11 Å². The van der Waals surface area contributed by atoms with E-state index in [1.54, 1.807) is 18.2 Å². The van der Waals surface area contributed by atoms with E-state index in [4.69, 9.17) is 4.78 Å². The fourth-order valence-electron chi connectivity index (χ4n) is 1.31. The molecule has 2 aromatic carbocycles. The minimum Gasteiger partial charge on any atom is -0.507 e. The maximum absolute atomic E-state index is 9.63. The summed E-state index contributed by atoms with van der Waals surface area (Å²) in [5.74, 6) is 0.194. The number of benzene rings is 2. The second-order valence-electron chi connectivity index (χ2n) is 3.09. The second-order valence-corrected chi connectivity index (χ2v) is 4.61. The maximum Gasteiger partial charge on any atom is 0.130 e. The van der Waals surface area contributed by atoms with Gasteiger partial charge < -0.3 is 5.11 Å². The third-order valence-electron chi connectivity index (χ3n) is 2.06. The molecule has 0 saturated heterocycles. The van der Waals surface area contributed by atoms with E-state index in [9.17, 15) is 5.11 Å². The van der Waals surface area contributed by atoms with Gasteiger partial charge in [-0.2, -0.15) is 0 Å². The molecular formula is C12H11NOS. The predicted octanol–water partition coefficient (Wildman–Crippen LogP) is 3.19. The van der Waals surface area contributed by atoms with Crippen LogP contribution in [0, 0.1) is 4.78 Å². The van der Waals surface area contributed by atoms with E-state index in [0.717, 1.165) is 4.90 Å². The molecule has 0 aliphatic carbocycles. The zero-order valence-electron chi connectivity index (χ0n) is 8.05. The van der Waals surface area contributed by atoms with Crippen LogP contribution in [0.15, 0.2) is 64.4 Å². The Labute approximate surface area is 91.1 Å². The Bertz CT molecular complexity index is 482. The van der Waals surface area contributed by atoms with Crippen LogP contribution in [0.25, 0.3) is 0 Å². The molecule has 3 heteroatoms. The highest BCUT2D eigenvalue weighted by atomic mass is 32.2. The van der Waals surface area contributed by atoms with E-state index in [1.807, 2.05) is 36.4 Å². The first-order valence-electron chi connectivity index (χ1n) is 4.57. The van der Waals surface area contributed by atoms with Gasteiger partial charge in [0.1, 0.15) is 5.75 Å². The van der Waals surface area contributed by atoms with Crippen molar-refractivity contribution in [2.24, 2.45) is 0 Å². The van der Waals surface area contributed by atoms with Crippen molar-refractivity contribution in [1.82, 2.24) is 0 Å². The van der Waals surface area contributed by atoms with Gasteiger partial charge in [-0.3, -0.25) is 4.78 Å². The van der Waals surface area contributed by atoms with Crippen LogP contribution < -0.4 is 0 Å². The average Bonchev–Trinajstić information content (AvgIpc) is 2.30. The van der Waals surface area contributed by atoms with Gasteiger partial charge in [-0.1, -0.05) is 30.3 Å². The van der Waals surface area contributed by atoms with Crippen molar-refractivity contribution in [3.63, 3.8) is 0 Å². The first kappa shape index (κ1) is 9.93. The van der Waals surface area contributed by atoms with Crippen LogP contribution in [0.4, 0.5) is 0 Å². The van der Waals surface area contributed by atoms with E-state index in [2.05, 4.69) is 0 Å². The van der Waals surface area contributed by atoms with Gasteiger partial charge in [-0.05, 0) is 35.0 Å². The molecular weight excluding hydrogens is 206 g/mol. The van der Waals surface area contributed by atoms with Crippen LogP contribution in [-0.2, 0) is 10.7 Å². The molecule has 0 aliphatic heterocycles. The van der Waals surface area contributed by atoms with Crippen molar-refractivity contribution < 1.29 is 5.11 Å². The molecule has 0 amide bonds. The summed E-state index contributed by atoms with van der Waals surface area (Å²) in [4.78, 5) is 1.59. The lowest BCUT2D eigenvalue weighted by Crippen LogP contribution is -1.90. The maximum atomic E-state index is 9.63. The summed E-state index contributed by atoms with van der Waals surface area (Å²) < 4.78 is 8.06. The summed E-state index contributed by atoms with van der Waals surface area (Å²) in [7, 11) is -0.808. The topological polar surface area (TPSA) is 44.1 Å². The molecule has 0 saturated carbocycles. The minimum absolute atomic E-state index is 0.194. The first-order valence-corrected chi connectivity index (χ1v) is 5.80. The lowest BCUT2D eigenvalue weighted by atomic mass is 10.3. The molecule has 0 radical (unpaired) electrons. The Morgan fingerprint density at radius 3 is 2.13 bits per heavy atom. The lowest BCUT2D eigenvalue weighted by molar-refractivity contribution is 0.462. The van der Waals surface area contributed by atoms with E-state index >= 15 is 0 Å². The SMILES string of the molecule is N=S(c1ccccc1)c1ccccc1O. The molecule has 0 heterocycles. The number of aromatic hydroxyl groups is 1. The monoisotopic (exact) mass is 217 g/mol. The van der Waals surface area contributed by atoms with Gasteiger partial charge in [0.15, 0.2) is 0 Å². The average molecular weight is 217 g/mol. The van der Waals surface area contributed by atoms with E-state index in [1.165, 1.54) is 0 Å². The summed E-state index contributed by atoms with van der Waals surface area (Å²) >= 11 is 0. The summed E-state index contributed by atoms with van der Waals surface area (Å²) in [5, 5.41) is 9.63. The zero-order valence-corrected chi connectivity index (χ0v) is 8.87. The largest absolute Gasteiger partial charge is 0.507 e. The molecule has 0 aliphatic rings. The van der Waals surface area contributed by atoms with Crippen LogP contribution in [0.1, 0.15) is 0 Å². The number of phenolic OH excluding ortho intramolecular Hbond substituents is 1. The summed E-state index contributed by atoms with van der Waals surface area (Å²) in [6, 6.07) is 16.6. The van der Waals surface area contributed by atoms with Gasteiger partial charge in [-0.15, -0.1) is 0 Å². The number of rotatable bonds is 2. The quantitative estimate of drug-likeness (QED) is 0.797. The van der Waals surface area contributed by atoms with Crippen molar-refractivity contribution in [1.29, 1.82) is 4.78 Å². The molecule has 76 valence electrons. The molecule has 0 spiro atoms. The van der Waals surface area contributed by atoms with Gasteiger partial charge in [0.2, 0.25) is 0 Å². The standard InChI is InChI=1S/C12H11NOS/c13-15(10-6-2-1-3-7-10)12-9-5-4-8-11(12)14/h1-9,13-14H. The minimum atomic E-state index is -0.808. The molecule has 2 aromatic rings. The molecule has 15 heavy (non-hydrogen) atoms. The van der Waals surface area contributed by atoms with Gasteiger partial charge >= 0.3 is 0 Å². The van der Waals surface area contributed by atoms with Gasteiger partial charge in [-0.25, -0.2) is 0 Å². The molecule has 0 bridgehead atoms. The summed E-state index contributed by atoms with van der Waals surface area (Å²) in [6.45, 7) is 0. The normalized spacial score (nSPS) is 12.3. The van der Waals surface area contributed by atoms with Gasteiger partial charge in [0.25, 0.3) is 0 Å². The Kier molecular flexibility index (Phi) is 2.83. The van der Waals surface area contributed by atoms with Crippen molar-refractivity contribution in [3.8, 4) is 5.75 Å². The van der Waals surface area contributed by atoms with Crippen LogP contribution in [0.3, 0.4) is 0 Å². The second kappa shape index (κ2) is 4.28. The third-order valence-corrected chi connectivity index (χ3v) is 3.59. The smallest absolute Gasteiger partial charge is 0.130 e. The summed E-state index contributed by atoms with van der Waals surface area (Å²) in [5.41, 5.74) is 0. The number of hydrogen-bond acceptors (Lipinski definition) is 2. The number of hydrogen-bond donors (Lipinski definition) is 2. The highest BCUT2D eigenvalue weighted by molar-refractivity contribution is 7.86. The lowest BCUT2D eigenvalue weighted by Gasteiger charge is -2.07. The Morgan fingerprint density at radius 2 is 1.47 bits per heavy atom. The molecule has 2 nitrogen and oxygen atoms in total. The van der Waals surface area contributed by atoms with Crippen molar-refractivity contribution >= 4 is 10.7 Å². The highest BCUT2D eigenvalue weighted by Crippen LogP contribution is 2.24. The van der Waals surface area contributed by atoms with Crippen LogP contribution in [0.2, 0.25) is 0 Å². The van der Waals surface area contributed by atoms with E-state index < -0.39 is 10.7 Å². The molecule has 2 N–H and O–H groups in total. The molecule has 1 atom stereocenters. The highest BCUT2D eigenvalue weighted by Gasteiger charge is 2.06. The van der Waals surface area contributed by atoms with Crippen LogP contribution in [0.5, 0.6) is 5.75 Å². The van der Waals surface area contributed by atoms with Crippen molar-refractivity contribution in [2.45, 2.75) is 9.79 Å². The number of phenols is 1. The molecule has 1 unspecified atom stereocenters. The van der Waals surface area contributed by atoms with E-state index in [0.29, 0.717) is 4.90 Å². The number of nitrogens with one attached hydrogen (secondary N) is 1. The number of para-hydroxylation sites is 1. The van der Waals surface area contributed by atoms with Gasteiger partial charge in [0.05, 0.1) is 4.90 Å². The predicted molar refractivity (Wildman–Crippen MR) is 61.2 cm³/mol. The molecule has 2 rings (SSSR count).